The van der Waals surface area contributed by atoms with Crippen molar-refractivity contribution in [3.8, 4) is 11.5 Å². The van der Waals surface area contributed by atoms with Gasteiger partial charge < -0.3 is 14.8 Å². The first-order chi connectivity index (χ1) is 13.6. The summed E-state index contributed by atoms with van der Waals surface area (Å²) in [6.07, 6.45) is 3.59. The highest BCUT2D eigenvalue weighted by Gasteiger charge is 2.13. The third-order valence-electron chi connectivity index (χ3n) is 4.06. The topological polar surface area (TPSA) is 43.4 Å². The Balaban J connectivity index is 1.67. The molecule has 0 aliphatic rings. The van der Waals surface area contributed by atoms with Gasteiger partial charge in [-0.2, -0.15) is 0 Å². The van der Waals surface area contributed by atoms with Crippen LogP contribution in [0.4, 0.5) is 4.39 Å². The summed E-state index contributed by atoms with van der Waals surface area (Å²) >= 11 is 9.61. The Hall–Kier alpha value is -2.15. The van der Waals surface area contributed by atoms with E-state index in [0.29, 0.717) is 28.6 Å². The number of benzene rings is 2. The van der Waals surface area contributed by atoms with E-state index >= 15 is 0 Å². The van der Waals surface area contributed by atoms with E-state index in [1.54, 1.807) is 19.4 Å². The first-order valence-corrected chi connectivity index (χ1v) is 9.76. The van der Waals surface area contributed by atoms with Crippen molar-refractivity contribution in [1.29, 1.82) is 0 Å². The molecule has 1 aromatic heterocycles. The zero-order valence-electron chi connectivity index (χ0n) is 15.2. The quantitative estimate of drug-likeness (QED) is 0.476. The number of pyridine rings is 1. The summed E-state index contributed by atoms with van der Waals surface area (Å²) in [6, 6.07) is 12.1. The molecular formula is C21H19BrClFN2O2. The molecule has 1 heterocycles. The van der Waals surface area contributed by atoms with Gasteiger partial charge in [0.2, 0.25) is 0 Å². The van der Waals surface area contributed by atoms with E-state index in [4.69, 9.17) is 21.1 Å². The predicted molar refractivity (Wildman–Crippen MR) is 111 cm³/mol. The third-order valence-corrected chi connectivity index (χ3v) is 5.00. The Morgan fingerprint density at radius 3 is 2.68 bits per heavy atom. The molecule has 0 aliphatic carbocycles. The fourth-order valence-corrected chi connectivity index (χ4v) is 3.48. The summed E-state index contributed by atoms with van der Waals surface area (Å²) in [6.45, 7) is 1.58. The molecule has 0 atom stereocenters. The van der Waals surface area contributed by atoms with Crippen molar-refractivity contribution >= 4 is 27.5 Å². The van der Waals surface area contributed by atoms with Crippen LogP contribution in [0.2, 0.25) is 5.02 Å². The maximum absolute atomic E-state index is 13.2. The van der Waals surface area contributed by atoms with Gasteiger partial charge in [0.1, 0.15) is 12.4 Å². The summed E-state index contributed by atoms with van der Waals surface area (Å²) in [4.78, 5) is 4.11. The summed E-state index contributed by atoms with van der Waals surface area (Å²) in [7, 11) is 1.59. The minimum absolute atomic E-state index is 0.201. The molecule has 0 fully saturated rings. The number of hydrogen-bond donors (Lipinski definition) is 1. The van der Waals surface area contributed by atoms with Gasteiger partial charge >= 0.3 is 0 Å². The molecule has 0 saturated carbocycles. The van der Waals surface area contributed by atoms with E-state index in [-0.39, 0.29) is 12.4 Å². The van der Waals surface area contributed by atoms with Gasteiger partial charge in [-0.3, -0.25) is 4.98 Å². The molecule has 0 amide bonds. The average Bonchev–Trinajstić information content (AvgIpc) is 2.69. The van der Waals surface area contributed by atoms with Crippen LogP contribution in [-0.2, 0) is 19.7 Å². The maximum Gasteiger partial charge on any atom is 0.175 e. The van der Waals surface area contributed by atoms with Crippen molar-refractivity contribution in [2.45, 2.75) is 19.7 Å². The molecule has 28 heavy (non-hydrogen) atoms. The lowest BCUT2D eigenvalue weighted by atomic mass is 10.2. The van der Waals surface area contributed by atoms with Crippen LogP contribution >= 0.6 is 27.5 Å². The van der Waals surface area contributed by atoms with Gasteiger partial charge in [-0.05, 0) is 57.4 Å². The Bertz CT molecular complexity index is 941. The molecule has 3 aromatic rings. The van der Waals surface area contributed by atoms with E-state index in [1.807, 2.05) is 30.5 Å². The Labute approximate surface area is 176 Å². The number of halogens is 3. The molecule has 7 heteroatoms. The first kappa shape index (κ1) is 20.6. The molecule has 4 nitrogen and oxygen atoms in total. The van der Waals surface area contributed by atoms with Crippen LogP contribution < -0.4 is 14.8 Å². The summed E-state index contributed by atoms with van der Waals surface area (Å²) < 4.78 is 25.3. The van der Waals surface area contributed by atoms with E-state index in [2.05, 4.69) is 26.2 Å². The van der Waals surface area contributed by atoms with Gasteiger partial charge in [-0.25, -0.2) is 4.39 Å². The number of nitrogens with one attached hydrogen (secondary N) is 1. The number of nitrogens with zero attached hydrogens (tertiary/aromatic N) is 1. The average molecular weight is 466 g/mol. The molecule has 146 valence electrons. The number of rotatable bonds is 8. The van der Waals surface area contributed by atoms with Gasteiger partial charge in [0.05, 0.1) is 16.6 Å². The number of aromatic nitrogens is 1. The van der Waals surface area contributed by atoms with Gasteiger partial charge in [-0.1, -0.05) is 23.7 Å². The van der Waals surface area contributed by atoms with Gasteiger partial charge in [0, 0.05) is 31.0 Å². The standard InChI is InChI=1S/C21H19BrClFN2O2/c1-27-20-8-15(12-26-11-14-3-2-6-25-10-14)7-18(22)21(20)28-13-16-4-5-17(24)9-19(16)23/h2-10,26H,11-13H2,1H3. The second-order valence-electron chi connectivity index (χ2n) is 6.10. The van der Waals surface area contributed by atoms with E-state index < -0.39 is 0 Å². The van der Waals surface area contributed by atoms with Crippen molar-refractivity contribution in [3.63, 3.8) is 0 Å². The molecule has 3 rings (SSSR count). The molecule has 1 N–H and O–H groups in total. The summed E-state index contributed by atoms with van der Waals surface area (Å²) in [5.74, 6) is 0.792. The minimum Gasteiger partial charge on any atom is -0.493 e. The molecular weight excluding hydrogens is 447 g/mol. The number of hydrogen-bond acceptors (Lipinski definition) is 4. The van der Waals surface area contributed by atoms with Crippen LogP contribution in [0.25, 0.3) is 0 Å². The van der Waals surface area contributed by atoms with Gasteiger partial charge in [0.15, 0.2) is 11.5 Å². The van der Waals surface area contributed by atoms with Crippen LogP contribution in [0.15, 0.2) is 59.3 Å². The monoisotopic (exact) mass is 464 g/mol. The normalized spacial score (nSPS) is 10.7. The predicted octanol–water partition coefficient (Wildman–Crippen LogP) is 5.51. The Kier molecular flexibility index (Phi) is 7.25. The van der Waals surface area contributed by atoms with E-state index in [1.165, 1.54) is 12.1 Å². The molecule has 2 aromatic carbocycles. The second-order valence-corrected chi connectivity index (χ2v) is 7.36. The molecule has 0 saturated heterocycles. The lowest BCUT2D eigenvalue weighted by molar-refractivity contribution is 0.282. The first-order valence-electron chi connectivity index (χ1n) is 8.59. The highest BCUT2D eigenvalue weighted by Crippen LogP contribution is 2.37. The van der Waals surface area contributed by atoms with Crippen LogP contribution in [-0.4, -0.2) is 12.1 Å². The van der Waals surface area contributed by atoms with Crippen LogP contribution in [0.1, 0.15) is 16.7 Å². The molecule has 0 aliphatic heterocycles. The Morgan fingerprint density at radius 2 is 1.96 bits per heavy atom. The van der Waals surface area contributed by atoms with Crippen molar-refractivity contribution in [2.75, 3.05) is 7.11 Å². The van der Waals surface area contributed by atoms with Gasteiger partial charge in [0.25, 0.3) is 0 Å². The molecule has 0 radical (unpaired) electrons. The second kappa shape index (κ2) is 9.87. The fourth-order valence-electron chi connectivity index (χ4n) is 2.66. The zero-order chi connectivity index (χ0) is 19.9. The molecule has 0 unspecified atom stereocenters. The molecule has 0 bridgehead atoms. The SMILES string of the molecule is COc1cc(CNCc2cccnc2)cc(Br)c1OCc1ccc(F)cc1Cl. The van der Waals surface area contributed by atoms with Crippen LogP contribution in [0.3, 0.4) is 0 Å². The van der Waals surface area contributed by atoms with Crippen LogP contribution in [0, 0.1) is 5.82 Å². The fraction of sp³-hybridized carbons (Fsp3) is 0.190. The van der Waals surface area contributed by atoms with Crippen molar-refractivity contribution in [1.82, 2.24) is 10.3 Å². The smallest absolute Gasteiger partial charge is 0.175 e. The lowest BCUT2D eigenvalue weighted by Gasteiger charge is -2.15. The Morgan fingerprint density at radius 1 is 1.14 bits per heavy atom. The largest absolute Gasteiger partial charge is 0.493 e. The summed E-state index contributed by atoms with van der Waals surface area (Å²) in [5.41, 5.74) is 2.85. The van der Waals surface area contributed by atoms with Crippen LogP contribution in [0.5, 0.6) is 11.5 Å². The van der Waals surface area contributed by atoms with Gasteiger partial charge in [-0.15, -0.1) is 0 Å². The maximum atomic E-state index is 13.2. The number of ether oxygens (including phenoxy) is 2. The van der Waals surface area contributed by atoms with E-state index in [0.717, 1.165) is 22.1 Å². The van der Waals surface area contributed by atoms with E-state index in [9.17, 15) is 4.39 Å². The van der Waals surface area contributed by atoms with Crippen molar-refractivity contribution < 1.29 is 13.9 Å². The summed E-state index contributed by atoms with van der Waals surface area (Å²) in [5, 5.41) is 3.70. The molecule has 0 spiro atoms. The lowest BCUT2D eigenvalue weighted by Crippen LogP contribution is -2.13. The minimum atomic E-state index is -0.379. The highest BCUT2D eigenvalue weighted by molar-refractivity contribution is 9.10. The number of methoxy groups -OCH3 is 1. The zero-order valence-corrected chi connectivity index (χ0v) is 17.6. The highest BCUT2D eigenvalue weighted by atomic mass is 79.9. The third kappa shape index (κ3) is 5.44. The van der Waals surface area contributed by atoms with Crippen molar-refractivity contribution in [2.24, 2.45) is 0 Å². The van der Waals surface area contributed by atoms with Crippen molar-refractivity contribution in [3.05, 3.63) is 86.9 Å².